The van der Waals surface area contributed by atoms with Crippen molar-refractivity contribution in [3.63, 3.8) is 0 Å². The maximum Gasteiger partial charge on any atom is 0.251 e. The van der Waals surface area contributed by atoms with E-state index in [9.17, 15) is 9.59 Å². The highest BCUT2D eigenvalue weighted by Crippen LogP contribution is 2.28. The molecule has 122 valence electrons. The van der Waals surface area contributed by atoms with Gasteiger partial charge in [0.2, 0.25) is 5.91 Å². The van der Waals surface area contributed by atoms with Crippen LogP contribution >= 0.6 is 0 Å². The van der Waals surface area contributed by atoms with Crippen molar-refractivity contribution in [3.05, 3.63) is 23.8 Å². The molecule has 2 amide bonds. The first-order valence-corrected chi connectivity index (χ1v) is 7.28. The Kier molecular flexibility index (Phi) is 7.22. The molecule has 0 unspecified atom stereocenters. The maximum absolute atomic E-state index is 12.0. The molecule has 0 heterocycles. The molecule has 6 nitrogen and oxygen atoms in total. The smallest absolute Gasteiger partial charge is 0.251 e. The minimum absolute atomic E-state index is 0.0388. The summed E-state index contributed by atoms with van der Waals surface area (Å²) >= 11 is 0. The largest absolute Gasteiger partial charge is 0.493 e. The number of hydrogen-bond acceptors (Lipinski definition) is 4. The van der Waals surface area contributed by atoms with E-state index in [2.05, 4.69) is 12.2 Å². The number of carbonyl (C=O) groups is 2. The zero-order chi connectivity index (χ0) is 16.5. The van der Waals surface area contributed by atoms with Crippen LogP contribution in [0.3, 0.4) is 0 Å². The van der Waals surface area contributed by atoms with Crippen LogP contribution in [0.2, 0.25) is 0 Å². The lowest BCUT2D eigenvalue weighted by Gasteiger charge is -2.13. The van der Waals surface area contributed by atoms with Crippen LogP contribution in [-0.2, 0) is 4.79 Å². The van der Waals surface area contributed by atoms with Crippen LogP contribution in [0.1, 0.15) is 30.1 Å². The summed E-state index contributed by atoms with van der Waals surface area (Å²) in [5.74, 6) is 0.619. The minimum Gasteiger partial charge on any atom is -0.493 e. The zero-order valence-electron chi connectivity index (χ0n) is 13.6. The van der Waals surface area contributed by atoms with Crippen molar-refractivity contribution in [2.45, 2.75) is 19.8 Å². The van der Waals surface area contributed by atoms with Gasteiger partial charge in [0.15, 0.2) is 11.5 Å². The molecule has 0 fully saturated rings. The first-order chi connectivity index (χ1) is 10.5. The van der Waals surface area contributed by atoms with Gasteiger partial charge in [0.1, 0.15) is 0 Å². The molecule has 22 heavy (non-hydrogen) atoms. The van der Waals surface area contributed by atoms with Crippen LogP contribution in [-0.4, -0.2) is 51.1 Å². The standard InChI is InChI=1S/C16H24N2O4/c1-5-6-9-22-13-8-7-12(10-14(13)21-4)16(20)17-11-15(19)18(2)3/h7-8,10H,5-6,9,11H2,1-4H3,(H,17,20). The van der Waals surface area contributed by atoms with Crippen LogP contribution in [0.15, 0.2) is 18.2 Å². The van der Waals surface area contributed by atoms with Gasteiger partial charge in [0.05, 0.1) is 20.3 Å². The Morgan fingerprint density at radius 1 is 1.23 bits per heavy atom. The van der Waals surface area contributed by atoms with Gasteiger partial charge in [-0.3, -0.25) is 9.59 Å². The van der Waals surface area contributed by atoms with Crippen LogP contribution in [0.25, 0.3) is 0 Å². The van der Waals surface area contributed by atoms with E-state index in [4.69, 9.17) is 9.47 Å². The van der Waals surface area contributed by atoms with Gasteiger partial charge in [-0.1, -0.05) is 13.3 Å². The Morgan fingerprint density at radius 2 is 1.95 bits per heavy atom. The summed E-state index contributed by atoms with van der Waals surface area (Å²) in [6.07, 6.45) is 2.00. The summed E-state index contributed by atoms with van der Waals surface area (Å²) in [7, 11) is 4.80. The van der Waals surface area contributed by atoms with E-state index in [0.717, 1.165) is 12.8 Å². The van der Waals surface area contributed by atoms with Crippen molar-refractivity contribution in [3.8, 4) is 11.5 Å². The molecule has 0 aliphatic rings. The molecule has 0 radical (unpaired) electrons. The third-order valence-corrected chi connectivity index (χ3v) is 3.08. The molecule has 0 aliphatic heterocycles. The van der Waals surface area contributed by atoms with Crippen LogP contribution < -0.4 is 14.8 Å². The van der Waals surface area contributed by atoms with Crippen molar-refractivity contribution >= 4 is 11.8 Å². The van der Waals surface area contributed by atoms with E-state index < -0.39 is 0 Å². The first kappa shape index (κ1) is 17.8. The number of likely N-dealkylation sites (N-methyl/N-ethyl adjacent to an activating group) is 1. The highest BCUT2D eigenvalue weighted by Gasteiger charge is 2.12. The highest BCUT2D eigenvalue weighted by atomic mass is 16.5. The predicted molar refractivity (Wildman–Crippen MR) is 84.4 cm³/mol. The average molecular weight is 308 g/mol. The topological polar surface area (TPSA) is 67.9 Å². The Labute approximate surface area is 131 Å². The summed E-state index contributed by atoms with van der Waals surface area (Å²) in [6.45, 7) is 2.65. The predicted octanol–water partition coefficient (Wildman–Crippen LogP) is 1.69. The number of hydrogen-bond donors (Lipinski definition) is 1. The lowest BCUT2D eigenvalue weighted by Crippen LogP contribution is -2.36. The molecule has 0 bridgehead atoms. The highest BCUT2D eigenvalue weighted by molar-refractivity contribution is 5.97. The molecule has 1 N–H and O–H groups in total. The normalized spacial score (nSPS) is 10.0. The first-order valence-electron chi connectivity index (χ1n) is 7.28. The summed E-state index contributed by atoms with van der Waals surface area (Å²) in [5.41, 5.74) is 0.422. The second kappa shape index (κ2) is 8.92. The van der Waals surface area contributed by atoms with Gasteiger partial charge in [-0.25, -0.2) is 0 Å². The molecule has 6 heteroatoms. The fourth-order valence-corrected chi connectivity index (χ4v) is 1.67. The van der Waals surface area contributed by atoms with Crippen molar-refractivity contribution in [2.24, 2.45) is 0 Å². The Balaban J connectivity index is 2.71. The van der Waals surface area contributed by atoms with Crippen LogP contribution in [0, 0.1) is 0 Å². The van der Waals surface area contributed by atoms with Gasteiger partial charge in [-0.15, -0.1) is 0 Å². The quantitative estimate of drug-likeness (QED) is 0.742. The van der Waals surface area contributed by atoms with Crippen LogP contribution in [0.5, 0.6) is 11.5 Å². The molecule has 0 atom stereocenters. The van der Waals surface area contributed by atoms with Crippen LogP contribution in [0.4, 0.5) is 0 Å². The summed E-state index contributed by atoms with van der Waals surface area (Å²) in [5, 5.41) is 2.58. The van der Waals surface area contributed by atoms with Crippen molar-refractivity contribution in [1.82, 2.24) is 10.2 Å². The van der Waals surface area contributed by atoms with E-state index in [1.165, 1.54) is 12.0 Å². The molecule has 0 spiro atoms. The summed E-state index contributed by atoms with van der Waals surface area (Å²) in [6, 6.07) is 4.97. The van der Waals surface area contributed by atoms with Gasteiger partial charge < -0.3 is 19.7 Å². The van der Waals surface area contributed by atoms with Gasteiger partial charge >= 0.3 is 0 Å². The number of rotatable bonds is 8. The van der Waals surface area contributed by atoms with E-state index in [1.54, 1.807) is 32.3 Å². The van der Waals surface area contributed by atoms with Gasteiger partial charge in [0, 0.05) is 19.7 Å². The molecule has 1 aromatic carbocycles. The molecule has 0 aliphatic carbocycles. The maximum atomic E-state index is 12.0. The Morgan fingerprint density at radius 3 is 2.55 bits per heavy atom. The second-order valence-electron chi connectivity index (χ2n) is 5.04. The van der Waals surface area contributed by atoms with Gasteiger partial charge in [-0.05, 0) is 24.6 Å². The third-order valence-electron chi connectivity index (χ3n) is 3.08. The number of nitrogens with one attached hydrogen (secondary N) is 1. The lowest BCUT2D eigenvalue weighted by molar-refractivity contribution is -0.127. The number of ether oxygens (including phenoxy) is 2. The Hall–Kier alpha value is -2.24. The third kappa shape index (κ3) is 5.27. The number of unbranched alkanes of at least 4 members (excludes halogenated alkanes) is 1. The molecule has 0 saturated carbocycles. The molecule has 0 aromatic heterocycles. The van der Waals surface area contributed by atoms with E-state index in [0.29, 0.717) is 23.7 Å². The van der Waals surface area contributed by atoms with E-state index >= 15 is 0 Å². The minimum atomic E-state index is -0.325. The fourth-order valence-electron chi connectivity index (χ4n) is 1.67. The average Bonchev–Trinajstić information content (AvgIpc) is 2.52. The molecular weight excluding hydrogens is 284 g/mol. The zero-order valence-corrected chi connectivity index (χ0v) is 13.6. The lowest BCUT2D eigenvalue weighted by atomic mass is 10.2. The molecular formula is C16H24N2O4. The summed E-state index contributed by atoms with van der Waals surface area (Å²) in [4.78, 5) is 24.9. The molecule has 1 aromatic rings. The number of carbonyl (C=O) groups excluding carboxylic acids is 2. The SMILES string of the molecule is CCCCOc1ccc(C(=O)NCC(=O)N(C)C)cc1OC. The second-order valence-corrected chi connectivity index (χ2v) is 5.04. The number of amides is 2. The number of methoxy groups -OCH3 is 1. The van der Waals surface area contributed by atoms with Crippen molar-refractivity contribution in [2.75, 3.05) is 34.4 Å². The Bertz CT molecular complexity index is 515. The van der Waals surface area contributed by atoms with Crippen molar-refractivity contribution in [1.29, 1.82) is 0 Å². The molecule has 1 rings (SSSR count). The van der Waals surface area contributed by atoms with E-state index in [1.807, 2.05) is 0 Å². The number of nitrogens with zero attached hydrogens (tertiary/aromatic N) is 1. The fraction of sp³-hybridized carbons (Fsp3) is 0.500. The molecule has 0 saturated heterocycles. The summed E-state index contributed by atoms with van der Waals surface area (Å²) < 4.78 is 10.9. The van der Waals surface area contributed by atoms with Gasteiger partial charge in [-0.2, -0.15) is 0 Å². The number of benzene rings is 1. The van der Waals surface area contributed by atoms with Crippen molar-refractivity contribution < 1.29 is 19.1 Å². The van der Waals surface area contributed by atoms with E-state index in [-0.39, 0.29) is 18.4 Å². The monoisotopic (exact) mass is 308 g/mol. The van der Waals surface area contributed by atoms with Gasteiger partial charge in [0.25, 0.3) is 5.91 Å².